The quantitative estimate of drug-likeness (QED) is 0.937. The number of halogens is 1. The van der Waals surface area contributed by atoms with E-state index in [1.54, 1.807) is 0 Å². The van der Waals surface area contributed by atoms with Gasteiger partial charge in [0, 0.05) is 19.5 Å². The molecule has 2 aromatic rings. The molecule has 1 atom stereocenters. The lowest BCUT2D eigenvalue weighted by molar-refractivity contribution is 0.636. The molecule has 0 radical (unpaired) electrons. The lowest BCUT2D eigenvalue weighted by Crippen LogP contribution is -2.17. The number of nitrogens with two attached hydrogens (primary N) is 1. The third-order valence-corrected chi connectivity index (χ3v) is 4.19. The van der Waals surface area contributed by atoms with Gasteiger partial charge in [-0.25, -0.2) is 0 Å². The highest BCUT2D eigenvalue weighted by Gasteiger charge is 2.18. The molecule has 0 aliphatic rings. The predicted octanol–water partition coefficient (Wildman–Crippen LogP) is 3.50. The Kier molecular flexibility index (Phi) is 4.51. The maximum Gasteiger partial charge on any atom is 0.0850 e. The number of aromatic nitrogens is 2. The lowest BCUT2D eigenvalue weighted by atomic mass is 9.96. The van der Waals surface area contributed by atoms with Crippen LogP contribution in [0.25, 0.3) is 0 Å². The van der Waals surface area contributed by atoms with Gasteiger partial charge in [-0.2, -0.15) is 5.10 Å². The fourth-order valence-corrected chi connectivity index (χ4v) is 2.89. The summed E-state index contributed by atoms with van der Waals surface area (Å²) in [6.07, 6.45) is 1.54. The zero-order valence-corrected chi connectivity index (χ0v) is 13.3. The molecule has 1 aromatic heterocycles. The molecule has 0 spiro atoms. The first kappa shape index (κ1) is 15.1. The van der Waals surface area contributed by atoms with Gasteiger partial charge in [-0.15, -0.1) is 0 Å². The third-order valence-electron chi connectivity index (χ3n) is 3.75. The van der Waals surface area contributed by atoms with Crippen LogP contribution in [0.5, 0.6) is 0 Å². The molecule has 0 saturated heterocycles. The van der Waals surface area contributed by atoms with Crippen LogP contribution in [0, 0.1) is 13.8 Å². The third kappa shape index (κ3) is 2.89. The number of hydrogen-bond donors (Lipinski definition) is 1. The smallest absolute Gasteiger partial charge is 0.0850 e. The van der Waals surface area contributed by atoms with E-state index in [1.165, 1.54) is 16.7 Å². The summed E-state index contributed by atoms with van der Waals surface area (Å²) in [7, 11) is 1.93. The van der Waals surface area contributed by atoms with Crippen LogP contribution in [-0.2, 0) is 19.9 Å². The number of nitrogens with zero attached hydrogens (tertiary/aromatic N) is 2. The van der Waals surface area contributed by atoms with Crippen molar-refractivity contribution in [3.63, 3.8) is 0 Å². The Bertz CT molecular complexity index is 616. The van der Waals surface area contributed by atoms with Crippen molar-refractivity contribution < 1.29 is 0 Å². The molecule has 0 fully saturated rings. The zero-order valence-electron chi connectivity index (χ0n) is 12.6. The molecule has 108 valence electrons. The Labute approximate surface area is 125 Å². The maximum atomic E-state index is 6.39. The SMILES string of the molecule is CCc1nn(C)c(CC(N)c2cc(C)ccc2C)c1Cl. The van der Waals surface area contributed by atoms with E-state index in [4.69, 9.17) is 17.3 Å². The number of benzene rings is 1. The molecular formula is C16H22ClN3. The summed E-state index contributed by atoms with van der Waals surface area (Å²) in [5.74, 6) is 0. The second kappa shape index (κ2) is 5.98. The highest BCUT2D eigenvalue weighted by atomic mass is 35.5. The Balaban J connectivity index is 2.30. The first-order valence-electron chi connectivity index (χ1n) is 6.97. The number of aryl methyl sites for hydroxylation is 4. The summed E-state index contributed by atoms with van der Waals surface area (Å²) in [6.45, 7) is 6.24. The Hall–Kier alpha value is -1.32. The van der Waals surface area contributed by atoms with Gasteiger partial charge in [0.25, 0.3) is 0 Å². The van der Waals surface area contributed by atoms with E-state index in [0.717, 1.165) is 22.8 Å². The van der Waals surface area contributed by atoms with Crippen LogP contribution in [0.4, 0.5) is 0 Å². The van der Waals surface area contributed by atoms with Crippen LogP contribution in [0.1, 0.15) is 41.0 Å². The molecule has 0 aliphatic carbocycles. The molecule has 1 heterocycles. The summed E-state index contributed by atoms with van der Waals surface area (Å²) < 4.78 is 1.85. The fraction of sp³-hybridized carbons (Fsp3) is 0.438. The van der Waals surface area contributed by atoms with E-state index in [-0.39, 0.29) is 6.04 Å². The van der Waals surface area contributed by atoms with Crippen LogP contribution in [0.2, 0.25) is 5.02 Å². The minimum absolute atomic E-state index is 0.0625. The van der Waals surface area contributed by atoms with Gasteiger partial charge in [0.1, 0.15) is 0 Å². The molecule has 3 nitrogen and oxygen atoms in total. The fourth-order valence-electron chi connectivity index (χ4n) is 2.52. The largest absolute Gasteiger partial charge is 0.324 e. The number of hydrogen-bond acceptors (Lipinski definition) is 2. The molecule has 4 heteroatoms. The standard InChI is InChI=1S/C16H22ClN3/c1-5-14-16(17)15(20(4)19-14)9-13(18)12-8-10(2)6-7-11(12)3/h6-8,13H,5,9,18H2,1-4H3. The normalized spacial score (nSPS) is 12.7. The Morgan fingerprint density at radius 1 is 1.35 bits per heavy atom. The highest BCUT2D eigenvalue weighted by molar-refractivity contribution is 6.31. The monoisotopic (exact) mass is 291 g/mol. The van der Waals surface area contributed by atoms with E-state index in [9.17, 15) is 0 Å². The van der Waals surface area contributed by atoms with E-state index >= 15 is 0 Å². The Morgan fingerprint density at radius 3 is 2.65 bits per heavy atom. The van der Waals surface area contributed by atoms with E-state index in [0.29, 0.717) is 6.42 Å². The summed E-state index contributed by atoms with van der Waals surface area (Å²) in [5.41, 5.74) is 12.0. The predicted molar refractivity (Wildman–Crippen MR) is 84.1 cm³/mol. The molecule has 1 unspecified atom stereocenters. The van der Waals surface area contributed by atoms with E-state index < -0.39 is 0 Å². The zero-order chi connectivity index (χ0) is 14.9. The van der Waals surface area contributed by atoms with Crippen molar-refractivity contribution in [2.45, 2.75) is 39.7 Å². The van der Waals surface area contributed by atoms with Crippen molar-refractivity contribution in [3.8, 4) is 0 Å². The van der Waals surface area contributed by atoms with Gasteiger partial charge in [0.15, 0.2) is 0 Å². The topological polar surface area (TPSA) is 43.8 Å². The van der Waals surface area contributed by atoms with Crippen molar-refractivity contribution >= 4 is 11.6 Å². The van der Waals surface area contributed by atoms with Gasteiger partial charge in [-0.05, 0) is 31.4 Å². The van der Waals surface area contributed by atoms with Crippen LogP contribution in [0.3, 0.4) is 0 Å². The molecule has 2 rings (SSSR count). The van der Waals surface area contributed by atoms with Crippen molar-refractivity contribution in [1.82, 2.24) is 9.78 Å². The van der Waals surface area contributed by atoms with Crippen molar-refractivity contribution in [1.29, 1.82) is 0 Å². The van der Waals surface area contributed by atoms with E-state index in [2.05, 4.69) is 44.1 Å². The molecule has 20 heavy (non-hydrogen) atoms. The maximum absolute atomic E-state index is 6.39. The molecule has 0 bridgehead atoms. The van der Waals surface area contributed by atoms with Crippen molar-refractivity contribution in [3.05, 3.63) is 51.3 Å². The van der Waals surface area contributed by atoms with Crippen LogP contribution in [0.15, 0.2) is 18.2 Å². The molecular weight excluding hydrogens is 270 g/mol. The van der Waals surface area contributed by atoms with Crippen LogP contribution in [-0.4, -0.2) is 9.78 Å². The average Bonchev–Trinajstić information content (AvgIpc) is 2.68. The highest BCUT2D eigenvalue weighted by Crippen LogP contribution is 2.26. The average molecular weight is 292 g/mol. The van der Waals surface area contributed by atoms with Crippen molar-refractivity contribution in [2.24, 2.45) is 12.8 Å². The molecule has 2 N–H and O–H groups in total. The lowest BCUT2D eigenvalue weighted by Gasteiger charge is -2.16. The first-order chi connectivity index (χ1) is 9.43. The summed E-state index contributed by atoms with van der Waals surface area (Å²) in [4.78, 5) is 0. The van der Waals surface area contributed by atoms with Gasteiger partial charge in [0.2, 0.25) is 0 Å². The second-order valence-electron chi connectivity index (χ2n) is 5.36. The van der Waals surface area contributed by atoms with Gasteiger partial charge in [0.05, 0.1) is 16.4 Å². The molecule has 0 aliphatic heterocycles. The van der Waals surface area contributed by atoms with Crippen LogP contribution >= 0.6 is 11.6 Å². The van der Waals surface area contributed by atoms with Gasteiger partial charge in [-0.1, -0.05) is 42.3 Å². The first-order valence-corrected chi connectivity index (χ1v) is 7.34. The molecule has 0 saturated carbocycles. The second-order valence-corrected chi connectivity index (χ2v) is 5.73. The van der Waals surface area contributed by atoms with Crippen LogP contribution < -0.4 is 5.73 Å². The summed E-state index contributed by atoms with van der Waals surface area (Å²) in [6, 6.07) is 6.32. The van der Waals surface area contributed by atoms with Gasteiger partial charge >= 0.3 is 0 Å². The van der Waals surface area contributed by atoms with Crippen molar-refractivity contribution in [2.75, 3.05) is 0 Å². The molecule has 1 aromatic carbocycles. The minimum Gasteiger partial charge on any atom is -0.324 e. The molecule has 0 amide bonds. The summed E-state index contributed by atoms with van der Waals surface area (Å²) >= 11 is 6.39. The van der Waals surface area contributed by atoms with E-state index in [1.807, 2.05) is 11.7 Å². The Morgan fingerprint density at radius 2 is 2.05 bits per heavy atom. The minimum atomic E-state index is -0.0625. The number of rotatable bonds is 4. The summed E-state index contributed by atoms with van der Waals surface area (Å²) in [5, 5.41) is 5.20. The van der Waals surface area contributed by atoms with Gasteiger partial charge in [-0.3, -0.25) is 4.68 Å². The van der Waals surface area contributed by atoms with Gasteiger partial charge < -0.3 is 5.73 Å².